The van der Waals surface area contributed by atoms with Crippen LogP contribution in [0.5, 0.6) is 0 Å². The van der Waals surface area contributed by atoms with E-state index in [0.717, 1.165) is 0 Å². The molecule has 0 atom stereocenters. The highest BCUT2D eigenvalue weighted by Crippen LogP contribution is 2.14. The first-order valence-corrected chi connectivity index (χ1v) is 4.52. The van der Waals surface area contributed by atoms with Gasteiger partial charge in [0, 0.05) is 8.90 Å². The van der Waals surface area contributed by atoms with Crippen LogP contribution in [0, 0.1) is 0 Å². The van der Waals surface area contributed by atoms with Gasteiger partial charge >= 0.3 is 0 Å². The molecular formula is C10H26N2O. The lowest BCUT2D eigenvalue weighted by Crippen LogP contribution is -2.22. The molecule has 0 bridgehead atoms. The van der Waals surface area contributed by atoms with E-state index in [4.69, 9.17) is 10.8 Å². The topological polar surface area (TPSA) is 72.3 Å². The smallest absolute Gasteiger partial charge is 0.173 e. The molecule has 3 nitrogen and oxygen atoms in total. The van der Waals surface area contributed by atoms with Gasteiger partial charge in [-0.25, -0.2) is 0 Å². The van der Waals surface area contributed by atoms with E-state index in [1.807, 2.05) is 0 Å². The van der Waals surface area contributed by atoms with Crippen molar-refractivity contribution in [2.45, 2.75) is 38.1 Å². The summed E-state index contributed by atoms with van der Waals surface area (Å²) in [6, 6.07) is 0.536. The van der Waals surface area contributed by atoms with Gasteiger partial charge in [-0.2, -0.15) is 0 Å². The summed E-state index contributed by atoms with van der Waals surface area (Å²) in [6.07, 6.45) is 6.66. The van der Waals surface area contributed by atoms with E-state index < -0.39 is 0 Å². The third-order valence-electron chi connectivity index (χ3n) is 1.65. The minimum atomic E-state index is -0.333. The molecule has 13 heavy (non-hydrogen) atoms. The van der Waals surface area contributed by atoms with Crippen molar-refractivity contribution in [3.8, 4) is 0 Å². The number of hydrogen-bond acceptors (Lipinski definition) is 3. The summed E-state index contributed by atoms with van der Waals surface area (Å²) in [4.78, 5) is 0. The van der Waals surface area contributed by atoms with E-state index in [1.165, 1.54) is 32.1 Å². The molecule has 0 heterocycles. The Morgan fingerprint density at radius 2 is 1.54 bits per heavy atom. The van der Waals surface area contributed by atoms with E-state index in [2.05, 4.69) is 25.5 Å². The lowest BCUT2D eigenvalue weighted by Gasteiger charge is -2.15. The quantitative estimate of drug-likeness (QED) is 0.406. The average Bonchev–Trinajstić information content (AvgIpc) is 2.08. The lowest BCUT2D eigenvalue weighted by atomic mass is 9.97. The molecule has 3 heteroatoms. The SMILES string of the molecule is C=C.C=C(N)O.NC1CCCCC1.[HH].[HH]. The first kappa shape index (κ1) is 14.6. The Kier molecular flexibility index (Phi) is 12.4. The highest BCUT2D eigenvalue weighted by molar-refractivity contribution is 4.66. The highest BCUT2D eigenvalue weighted by atomic mass is 16.3. The maximum absolute atomic E-state index is 7.64. The summed E-state index contributed by atoms with van der Waals surface area (Å²) in [5, 5.41) is 7.64. The largest absolute Gasteiger partial charge is 0.495 e. The monoisotopic (exact) mass is 190 g/mol. The van der Waals surface area contributed by atoms with Gasteiger partial charge in [0.25, 0.3) is 0 Å². The van der Waals surface area contributed by atoms with Crippen LogP contribution >= 0.6 is 0 Å². The zero-order chi connectivity index (χ0) is 10.7. The maximum atomic E-state index is 7.64. The van der Waals surface area contributed by atoms with Crippen LogP contribution in [0.3, 0.4) is 0 Å². The second kappa shape index (κ2) is 11.0. The molecule has 1 aliphatic rings. The molecule has 1 saturated carbocycles. The zero-order valence-electron chi connectivity index (χ0n) is 8.34. The van der Waals surface area contributed by atoms with Crippen LogP contribution in [0.4, 0.5) is 0 Å². The van der Waals surface area contributed by atoms with E-state index >= 15 is 0 Å². The molecule has 82 valence electrons. The Labute approximate surface area is 84.1 Å². The van der Waals surface area contributed by atoms with Gasteiger partial charge in [0.1, 0.15) is 0 Å². The molecule has 1 fully saturated rings. The zero-order valence-corrected chi connectivity index (χ0v) is 8.34. The summed E-state index contributed by atoms with van der Waals surface area (Å²) < 4.78 is 0. The first-order valence-electron chi connectivity index (χ1n) is 4.52. The average molecular weight is 190 g/mol. The Hall–Kier alpha value is -0.960. The Balaban J connectivity index is -0.0000000674. The summed E-state index contributed by atoms with van der Waals surface area (Å²) in [5.41, 5.74) is 10.1. The molecule has 0 spiro atoms. The number of rotatable bonds is 0. The molecule has 0 aromatic heterocycles. The fraction of sp³-hybridized carbons (Fsp3) is 0.600. The van der Waals surface area contributed by atoms with Gasteiger partial charge in [-0.3, -0.25) is 0 Å². The Morgan fingerprint density at radius 3 is 1.69 bits per heavy atom. The van der Waals surface area contributed by atoms with Crippen LogP contribution in [0.15, 0.2) is 25.6 Å². The highest BCUT2D eigenvalue weighted by Gasteiger charge is 2.06. The molecule has 0 aromatic carbocycles. The van der Waals surface area contributed by atoms with Crippen molar-refractivity contribution in [1.29, 1.82) is 0 Å². The van der Waals surface area contributed by atoms with Crippen LogP contribution in [0.25, 0.3) is 0 Å². The van der Waals surface area contributed by atoms with Crippen molar-refractivity contribution < 1.29 is 7.96 Å². The van der Waals surface area contributed by atoms with Gasteiger partial charge < -0.3 is 16.6 Å². The third kappa shape index (κ3) is 18.2. The molecule has 0 radical (unpaired) electrons. The summed E-state index contributed by atoms with van der Waals surface area (Å²) in [7, 11) is 0. The van der Waals surface area contributed by atoms with Crippen molar-refractivity contribution in [2.75, 3.05) is 0 Å². The van der Waals surface area contributed by atoms with Crippen LogP contribution in [-0.4, -0.2) is 11.1 Å². The number of nitrogens with two attached hydrogens (primary N) is 2. The molecule has 0 aliphatic heterocycles. The molecule has 5 N–H and O–H groups in total. The molecule has 0 aromatic rings. The van der Waals surface area contributed by atoms with E-state index in [9.17, 15) is 0 Å². The van der Waals surface area contributed by atoms with Crippen molar-refractivity contribution >= 4 is 0 Å². The van der Waals surface area contributed by atoms with Crippen molar-refractivity contribution in [3.05, 3.63) is 25.6 Å². The van der Waals surface area contributed by atoms with Crippen LogP contribution < -0.4 is 11.5 Å². The van der Waals surface area contributed by atoms with Crippen LogP contribution in [0.2, 0.25) is 0 Å². The van der Waals surface area contributed by atoms with E-state index in [1.54, 1.807) is 0 Å². The van der Waals surface area contributed by atoms with Crippen molar-refractivity contribution in [1.82, 2.24) is 0 Å². The van der Waals surface area contributed by atoms with E-state index in [-0.39, 0.29) is 8.74 Å². The van der Waals surface area contributed by atoms with Gasteiger partial charge in [-0.1, -0.05) is 19.3 Å². The fourth-order valence-corrected chi connectivity index (χ4v) is 1.13. The molecule has 0 amide bonds. The fourth-order valence-electron chi connectivity index (χ4n) is 1.13. The lowest BCUT2D eigenvalue weighted by molar-refractivity contribution is 0.408. The first-order chi connectivity index (χ1) is 6.13. The normalized spacial score (nSPS) is 15.8. The second-order valence-corrected chi connectivity index (χ2v) is 2.89. The number of aliphatic hydroxyl groups is 1. The molecule has 0 unspecified atom stereocenters. The predicted octanol–water partition coefficient (Wildman–Crippen LogP) is 2.55. The van der Waals surface area contributed by atoms with Crippen LogP contribution in [0.1, 0.15) is 35.0 Å². The van der Waals surface area contributed by atoms with Crippen LogP contribution in [-0.2, 0) is 0 Å². The summed E-state index contributed by atoms with van der Waals surface area (Å²) >= 11 is 0. The molecule has 1 rings (SSSR count). The minimum Gasteiger partial charge on any atom is -0.495 e. The number of aliphatic hydroxyl groups excluding tert-OH is 1. The third-order valence-corrected chi connectivity index (χ3v) is 1.65. The number of hydrogen-bond donors (Lipinski definition) is 3. The summed E-state index contributed by atoms with van der Waals surface area (Å²) in [5.74, 6) is -0.333. The predicted molar refractivity (Wildman–Crippen MR) is 62.5 cm³/mol. The summed E-state index contributed by atoms with van der Waals surface area (Å²) in [6.45, 7) is 8.89. The van der Waals surface area contributed by atoms with E-state index in [0.29, 0.717) is 6.04 Å². The maximum Gasteiger partial charge on any atom is 0.173 e. The van der Waals surface area contributed by atoms with Crippen molar-refractivity contribution in [2.24, 2.45) is 11.5 Å². The van der Waals surface area contributed by atoms with Gasteiger partial charge in [0.05, 0.1) is 0 Å². The van der Waals surface area contributed by atoms with Gasteiger partial charge in [-0.15, -0.1) is 13.2 Å². The minimum absolute atomic E-state index is 0. The molecule has 0 saturated heterocycles. The van der Waals surface area contributed by atoms with Crippen molar-refractivity contribution in [3.63, 3.8) is 0 Å². The Bertz CT molecular complexity index is 125. The molecule has 1 aliphatic carbocycles. The van der Waals surface area contributed by atoms with Gasteiger partial charge in [-0.05, 0) is 19.4 Å². The Morgan fingerprint density at radius 1 is 1.23 bits per heavy atom. The second-order valence-electron chi connectivity index (χ2n) is 2.89. The standard InChI is InChI=1S/C6H13N.C2H5NO.C2H4.2H2/c7-6-4-2-1-3-5-6;1-2(3)4;1-2;;/h6H,1-5,7H2;4H,1,3H2;1-2H2;2*1H. The molecular weight excluding hydrogens is 164 g/mol. The van der Waals surface area contributed by atoms with Gasteiger partial charge in [0.2, 0.25) is 0 Å². The van der Waals surface area contributed by atoms with Gasteiger partial charge in [0.15, 0.2) is 5.88 Å².